The van der Waals surface area contributed by atoms with E-state index in [1.807, 2.05) is 0 Å². The molecule has 0 saturated carbocycles. The van der Waals surface area contributed by atoms with Crippen LogP contribution in [0.4, 0.5) is 0 Å². The zero-order valence-corrected chi connectivity index (χ0v) is 12.1. The zero-order valence-electron chi connectivity index (χ0n) is 12.1. The minimum absolute atomic E-state index is 0.0331. The fourth-order valence-electron chi connectivity index (χ4n) is 3.36. The van der Waals surface area contributed by atoms with Gasteiger partial charge in [0.2, 0.25) is 0 Å². The Bertz CT molecular complexity index is 279. The van der Waals surface area contributed by atoms with Gasteiger partial charge >= 0.3 is 0 Å². The summed E-state index contributed by atoms with van der Waals surface area (Å²) in [4.78, 5) is 0. The van der Waals surface area contributed by atoms with Crippen molar-refractivity contribution in [3.05, 3.63) is 11.6 Å². The Kier molecular flexibility index (Phi) is 5.25. The third-order valence-electron chi connectivity index (χ3n) is 4.41. The molecule has 1 saturated heterocycles. The van der Waals surface area contributed by atoms with Crippen LogP contribution < -0.4 is 5.32 Å². The molecule has 2 unspecified atom stereocenters. The summed E-state index contributed by atoms with van der Waals surface area (Å²) in [6, 6.07) is 0.443. The van der Waals surface area contributed by atoms with E-state index in [9.17, 15) is 0 Å². The second-order valence-electron chi connectivity index (χ2n) is 6.03. The fourth-order valence-corrected chi connectivity index (χ4v) is 3.36. The molecule has 1 aliphatic heterocycles. The summed E-state index contributed by atoms with van der Waals surface area (Å²) in [5.41, 5.74) is 1.65. The maximum Gasteiger partial charge on any atom is 0.0845 e. The molecule has 0 bridgehead atoms. The number of allylic oxidation sites excluding steroid dienone is 1. The highest BCUT2D eigenvalue weighted by molar-refractivity contribution is 5.18. The van der Waals surface area contributed by atoms with E-state index in [0.717, 1.165) is 13.2 Å². The molecule has 104 valence electrons. The summed E-state index contributed by atoms with van der Waals surface area (Å²) >= 11 is 0. The van der Waals surface area contributed by atoms with Crippen LogP contribution in [-0.2, 0) is 4.74 Å². The molecule has 2 aliphatic rings. The number of hydrogen-bond donors (Lipinski definition) is 1. The highest BCUT2D eigenvalue weighted by Crippen LogP contribution is 2.34. The minimum atomic E-state index is 0.0331. The van der Waals surface area contributed by atoms with Gasteiger partial charge in [-0.2, -0.15) is 0 Å². The number of hydrogen-bond acceptors (Lipinski definition) is 2. The fraction of sp³-hybridized carbons (Fsp3) is 0.875. The average Bonchev–Trinajstić information content (AvgIpc) is 2.65. The standard InChI is InChI=1S/C16H29NO/c1-3-12-17-15(16(2)11-8-13-18-16)14-9-6-4-5-7-10-14/h9,15,17H,3-8,10-13H2,1-2H3. The first-order valence-electron chi connectivity index (χ1n) is 7.82. The normalized spacial score (nSPS) is 30.9. The van der Waals surface area contributed by atoms with Gasteiger partial charge in [0.1, 0.15) is 0 Å². The Morgan fingerprint density at radius 2 is 2.22 bits per heavy atom. The molecule has 2 atom stereocenters. The molecule has 0 spiro atoms. The average molecular weight is 251 g/mol. The number of nitrogens with one attached hydrogen (secondary N) is 1. The van der Waals surface area contributed by atoms with Gasteiger partial charge in [-0.25, -0.2) is 0 Å². The van der Waals surface area contributed by atoms with Crippen LogP contribution in [0.1, 0.15) is 65.2 Å². The first kappa shape index (κ1) is 14.1. The third kappa shape index (κ3) is 3.36. The quantitative estimate of drug-likeness (QED) is 0.750. The topological polar surface area (TPSA) is 21.3 Å². The molecule has 2 heteroatoms. The lowest BCUT2D eigenvalue weighted by atomic mass is 9.85. The van der Waals surface area contributed by atoms with Crippen LogP contribution >= 0.6 is 0 Å². The van der Waals surface area contributed by atoms with Gasteiger partial charge in [-0.15, -0.1) is 0 Å². The first-order valence-corrected chi connectivity index (χ1v) is 7.82. The molecule has 1 fully saturated rings. The molecule has 1 aliphatic carbocycles. The summed E-state index contributed by atoms with van der Waals surface area (Å²) in [6.07, 6.45) is 12.7. The van der Waals surface area contributed by atoms with Crippen LogP contribution in [-0.4, -0.2) is 24.8 Å². The molecule has 2 nitrogen and oxygen atoms in total. The molecular formula is C16H29NO. The van der Waals surface area contributed by atoms with Crippen molar-refractivity contribution in [2.75, 3.05) is 13.2 Å². The summed E-state index contributed by atoms with van der Waals surface area (Å²) in [7, 11) is 0. The van der Waals surface area contributed by atoms with Crippen LogP contribution in [0.5, 0.6) is 0 Å². The van der Waals surface area contributed by atoms with E-state index in [1.165, 1.54) is 51.4 Å². The van der Waals surface area contributed by atoms with E-state index < -0.39 is 0 Å². The number of rotatable bonds is 5. The van der Waals surface area contributed by atoms with Gasteiger partial charge in [0.15, 0.2) is 0 Å². The van der Waals surface area contributed by atoms with Gasteiger partial charge in [0, 0.05) is 6.61 Å². The van der Waals surface area contributed by atoms with Crippen molar-refractivity contribution < 1.29 is 4.74 Å². The summed E-state index contributed by atoms with van der Waals surface area (Å²) in [6.45, 7) is 6.58. The van der Waals surface area contributed by atoms with Gasteiger partial charge in [-0.1, -0.05) is 25.0 Å². The zero-order chi connectivity index (χ0) is 12.8. The molecule has 0 aromatic carbocycles. The predicted molar refractivity (Wildman–Crippen MR) is 76.8 cm³/mol. The Balaban J connectivity index is 2.10. The van der Waals surface area contributed by atoms with Crippen molar-refractivity contribution in [2.24, 2.45) is 0 Å². The van der Waals surface area contributed by atoms with Crippen LogP contribution in [0.2, 0.25) is 0 Å². The van der Waals surface area contributed by atoms with Crippen molar-refractivity contribution in [2.45, 2.75) is 76.9 Å². The minimum Gasteiger partial charge on any atom is -0.373 e. The largest absolute Gasteiger partial charge is 0.373 e. The van der Waals surface area contributed by atoms with Crippen LogP contribution in [0.15, 0.2) is 11.6 Å². The van der Waals surface area contributed by atoms with E-state index in [0.29, 0.717) is 6.04 Å². The monoisotopic (exact) mass is 251 g/mol. The predicted octanol–water partition coefficient (Wildman–Crippen LogP) is 3.81. The van der Waals surface area contributed by atoms with E-state index in [4.69, 9.17) is 4.74 Å². The summed E-state index contributed by atoms with van der Waals surface area (Å²) < 4.78 is 6.09. The van der Waals surface area contributed by atoms with Gasteiger partial charge < -0.3 is 10.1 Å². The maximum atomic E-state index is 6.09. The van der Waals surface area contributed by atoms with Gasteiger partial charge in [-0.3, -0.25) is 0 Å². The second-order valence-corrected chi connectivity index (χ2v) is 6.03. The maximum absolute atomic E-state index is 6.09. The van der Waals surface area contributed by atoms with Crippen LogP contribution in [0.25, 0.3) is 0 Å². The van der Waals surface area contributed by atoms with Crippen LogP contribution in [0, 0.1) is 0 Å². The molecule has 18 heavy (non-hydrogen) atoms. The van der Waals surface area contributed by atoms with Crippen molar-refractivity contribution >= 4 is 0 Å². The molecule has 0 radical (unpaired) electrons. The van der Waals surface area contributed by atoms with Gasteiger partial charge in [0.05, 0.1) is 11.6 Å². The van der Waals surface area contributed by atoms with Crippen molar-refractivity contribution in [3.8, 4) is 0 Å². The summed E-state index contributed by atoms with van der Waals surface area (Å²) in [5.74, 6) is 0. The van der Waals surface area contributed by atoms with E-state index in [-0.39, 0.29) is 5.60 Å². The Hall–Kier alpha value is -0.340. The van der Waals surface area contributed by atoms with Crippen LogP contribution in [0.3, 0.4) is 0 Å². The molecule has 1 N–H and O–H groups in total. The highest BCUT2D eigenvalue weighted by Gasteiger charge is 2.39. The lowest BCUT2D eigenvalue weighted by Crippen LogP contribution is -2.50. The highest BCUT2D eigenvalue weighted by atomic mass is 16.5. The van der Waals surface area contributed by atoms with E-state index in [1.54, 1.807) is 5.57 Å². The Morgan fingerprint density at radius 1 is 1.33 bits per heavy atom. The first-order chi connectivity index (χ1) is 8.76. The Morgan fingerprint density at radius 3 is 2.94 bits per heavy atom. The molecule has 2 rings (SSSR count). The third-order valence-corrected chi connectivity index (χ3v) is 4.41. The summed E-state index contributed by atoms with van der Waals surface area (Å²) in [5, 5.41) is 3.76. The molecule has 0 amide bonds. The molecule has 0 aromatic rings. The van der Waals surface area contributed by atoms with E-state index >= 15 is 0 Å². The lowest BCUT2D eigenvalue weighted by molar-refractivity contribution is -0.00246. The van der Waals surface area contributed by atoms with Crippen molar-refractivity contribution in [1.82, 2.24) is 5.32 Å². The lowest BCUT2D eigenvalue weighted by Gasteiger charge is -2.36. The SMILES string of the molecule is CCCNC(C1=CCCCCC1)C1(C)CCCO1. The smallest absolute Gasteiger partial charge is 0.0845 e. The Labute approximate surface area is 112 Å². The van der Waals surface area contributed by atoms with Gasteiger partial charge in [0.25, 0.3) is 0 Å². The number of ether oxygens (including phenoxy) is 1. The molecular weight excluding hydrogens is 222 g/mol. The van der Waals surface area contributed by atoms with Crippen molar-refractivity contribution in [3.63, 3.8) is 0 Å². The molecule has 0 aromatic heterocycles. The van der Waals surface area contributed by atoms with Gasteiger partial charge in [-0.05, 0) is 58.4 Å². The molecule has 1 heterocycles. The second kappa shape index (κ2) is 6.72. The van der Waals surface area contributed by atoms with Crippen molar-refractivity contribution in [1.29, 1.82) is 0 Å². The van der Waals surface area contributed by atoms with E-state index in [2.05, 4.69) is 25.2 Å².